The first-order valence-electron chi connectivity index (χ1n) is 12.8. The molecule has 0 aliphatic heterocycles. The Morgan fingerprint density at radius 3 is 2.41 bits per heavy atom. The number of hydrogen-bond donors (Lipinski definition) is 1. The zero-order valence-corrected chi connectivity index (χ0v) is 27.0. The molecule has 0 saturated heterocycles. The fourth-order valence-electron chi connectivity index (χ4n) is 3.81. The zero-order chi connectivity index (χ0) is 30.4. The molecule has 0 aliphatic rings. The van der Waals surface area contributed by atoms with E-state index in [1.165, 1.54) is 11.3 Å². The standard InChI is InChI=1S/C28H29N3O4S4.C2H6/c1-4-6-11-22(10-5-2)19-31(38(33)28-14-9-17-36-28)20-24-16-15-23(18-27(24)39(3,34)35)25-12-7-8-13-26(25)37(32)30-21-29;1-2/h4-18,30H,19-20H2,1-3H3;1-2H3/b6-4-,10-5-,22-11+;. The molecule has 0 spiro atoms. The van der Waals surface area contributed by atoms with E-state index < -0.39 is 31.8 Å². The van der Waals surface area contributed by atoms with Gasteiger partial charge in [0, 0.05) is 19.3 Å². The summed E-state index contributed by atoms with van der Waals surface area (Å²) in [6.45, 7) is 8.25. The van der Waals surface area contributed by atoms with Crippen LogP contribution in [0.25, 0.3) is 11.1 Å². The second-order valence-corrected chi connectivity index (χ2v) is 14.1. The van der Waals surface area contributed by atoms with E-state index in [0.717, 1.165) is 11.8 Å². The van der Waals surface area contributed by atoms with Crippen LogP contribution in [0.5, 0.6) is 0 Å². The third-order valence-electron chi connectivity index (χ3n) is 5.49. The molecule has 0 aliphatic carbocycles. The molecule has 0 radical (unpaired) electrons. The van der Waals surface area contributed by atoms with Crippen LogP contribution in [0.1, 0.15) is 33.3 Å². The zero-order valence-electron chi connectivity index (χ0n) is 23.7. The quantitative estimate of drug-likeness (QED) is 0.139. The van der Waals surface area contributed by atoms with Gasteiger partial charge in [0.25, 0.3) is 0 Å². The van der Waals surface area contributed by atoms with E-state index in [-0.39, 0.29) is 11.4 Å². The summed E-state index contributed by atoms with van der Waals surface area (Å²) >= 11 is 1.38. The average Bonchev–Trinajstić information content (AvgIpc) is 3.51. The van der Waals surface area contributed by atoms with Crippen molar-refractivity contribution < 1.29 is 16.8 Å². The van der Waals surface area contributed by atoms with Gasteiger partial charge in [-0.15, -0.1) is 11.3 Å². The van der Waals surface area contributed by atoms with Crippen LogP contribution < -0.4 is 4.72 Å². The van der Waals surface area contributed by atoms with Crippen molar-refractivity contribution in [3.63, 3.8) is 0 Å². The van der Waals surface area contributed by atoms with E-state index in [1.807, 2.05) is 69.5 Å². The van der Waals surface area contributed by atoms with Crippen LogP contribution in [0.2, 0.25) is 0 Å². The molecule has 0 bridgehead atoms. The van der Waals surface area contributed by atoms with Crippen LogP contribution in [-0.4, -0.2) is 33.9 Å². The Bertz CT molecular complexity index is 1590. The lowest BCUT2D eigenvalue weighted by Crippen LogP contribution is -2.28. The van der Waals surface area contributed by atoms with Crippen molar-refractivity contribution in [2.75, 3.05) is 12.8 Å². The lowest BCUT2D eigenvalue weighted by Gasteiger charge is -2.23. The first kappa shape index (κ1) is 34.1. The highest BCUT2D eigenvalue weighted by Crippen LogP contribution is 2.31. The normalized spacial score (nSPS) is 13.5. The van der Waals surface area contributed by atoms with Crippen molar-refractivity contribution in [3.05, 3.63) is 101 Å². The highest BCUT2D eigenvalue weighted by molar-refractivity contribution is 7.90. The van der Waals surface area contributed by atoms with Gasteiger partial charge in [-0.25, -0.2) is 25.9 Å². The molecule has 2 unspecified atom stereocenters. The highest BCUT2D eigenvalue weighted by Gasteiger charge is 2.23. The molecule has 218 valence electrons. The molecule has 2 atom stereocenters. The molecule has 1 aromatic heterocycles. The third kappa shape index (κ3) is 9.73. The molecule has 1 N–H and O–H groups in total. The van der Waals surface area contributed by atoms with Crippen molar-refractivity contribution in [1.29, 1.82) is 5.26 Å². The monoisotopic (exact) mass is 629 g/mol. The molecule has 1 heterocycles. The molecule has 41 heavy (non-hydrogen) atoms. The number of sulfone groups is 1. The van der Waals surface area contributed by atoms with E-state index in [9.17, 15) is 16.8 Å². The Hall–Kier alpha value is -3.14. The Labute approximate surface area is 253 Å². The van der Waals surface area contributed by atoms with E-state index in [0.29, 0.717) is 32.3 Å². The molecule has 3 rings (SSSR count). The van der Waals surface area contributed by atoms with Crippen LogP contribution in [-0.2, 0) is 38.4 Å². The SMILES string of the molecule is CC.C\C=C/C=C(\C=C/C)CN(Cc1ccc(-c2ccccc2S(=O)NC#N)cc1S(C)(=O)=O)S(=O)c1cccs1. The second-order valence-electron chi connectivity index (χ2n) is 8.32. The molecule has 0 saturated carbocycles. The lowest BCUT2D eigenvalue weighted by molar-refractivity contribution is 0.471. The number of nitrogens with zero attached hydrogens (tertiary/aromatic N) is 2. The molecule has 2 aromatic carbocycles. The first-order chi connectivity index (χ1) is 19.7. The van der Waals surface area contributed by atoms with Crippen LogP contribution in [0.4, 0.5) is 0 Å². The van der Waals surface area contributed by atoms with Gasteiger partial charge in [-0.2, -0.15) is 5.26 Å². The Kier molecular flexibility index (Phi) is 14.1. The Morgan fingerprint density at radius 2 is 1.80 bits per heavy atom. The minimum absolute atomic E-state index is 0.0898. The summed E-state index contributed by atoms with van der Waals surface area (Å²) < 4.78 is 56.7. The number of hydrogen-bond acceptors (Lipinski definition) is 6. The van der Waals surface area contributed by atoms with Crippen molar-refractivity contribution in [2.24, 2.45) is 0 Å². The lowest BCUT2D eigenvalue weighted by atomic mass is 10.0. The summed E-state index contributed by atoms with van der Waals surface area (Å²) in [4.78, 5) is 0.448. The van der Waals surface area contributed by atoms with Gasteiger partial charge in [0.05, 0.1) is 9.79 Å². The van der Waals surface area contributed by atoms with Gasteiger partial charge in [0.1, 0.15) is 15.2 Å². The van der Waals surface area contributed by atoms with Crippen LogP contribution >= 0.6 is 11.3 Å². The molecule has 7 nitrogen and oxygen atoms in total. The number of rotatable bonds is 12. The minimum atomic E-state index is -3.69. The Morgan fingerprint density at radius 1 is 1.07 bits per heavy atom. The molecule has 0 fully saturated rings. The summed E-state index contributed by atoms with van der Waals surface area (Å²) in [6, 6.07) is 15.4. The number of nitriles is 1. The van der Waals surface area contributed by atoms with Crippen LogP contribution in [0.3, 0.4) is 0 Å². The van der Waals surface area contributed by atoms with Crippen molar-refractivity contribution in [2.45, 2.75) is 48.2 Å². The van der Waals surface area contributed by atoms with Gasteiger partial charge in [-0.1, -0.05) is 80.6 Å². The van der Waals surface area contributed by atoms with Crippen LogP contribution in [0, 0.1) is 11.5 Å². The molecule has 11 heteroatoms. The topological polar surface area (TPSA) is 107 Å². The molecule has 3 aromatic rings. The van der Waals surface area contributed by atoms with Gasteiger partial charge in [0.2, 0.25) is 0 Å². The maximum atomic E-state index is 13.6. The smallest absolute Gasteiger partial charge is 0.189 e. The minimum Gasteiger partial charge on any atom is -0.237 e. The van der Waals surface area contributed by atoms with Crippen LogP contribution in [0.15, 0.2) is 110 Å². The average molecular weight is 630 g/mol. The Balaban J connectivity index is 0.00000287. The molecular formula is C30H35N3O4S4. The summed E-state index contributed by atoms with van der Waals surface area (Å²) in [5.74, 6) is 0. The summed E-state index contributed by atoms with van der Waals surface area (Å²) in [7, 11) is -7.02. The third-order valence-corrected chi connectivity index (χ3v) is 10.3. The summed E-state index contributed by atoms with van der Waals surface area (Å²) in [6.07, 6.45) is 12.4. The van der Waals surface area contributed by atoms with E-state index in [1.54, 1.807) is 59.0 Å². The summed E-state index contributed by atoms with van der Waals surface area (Å²) in [5, 5.41) is 10.8. The first-order valence-corrected chi connectivity index (χ1v) is 17.9. The molecule has 0 amide bonds. The second kappa shape index (κ2) is 17.0. The predicted molar refractivity (Wildman–Crippen MR) is 170 cm³/mol. The van der Waals surface area contributed by atoms with Gasteiger partial charge in [-0.3, -0.25) is 0 Å². The van der Waals surface area contributed by atoms with Gasteiger partial charge in [0.15, 0.2) is 27.0 Å². The molecular weight excluding hydrogens is 595 g/mol. The highest BCUT2D eigenvalue weighted by atomic mass is 32.2. The maximum absolute atomic E-state index is 13.6. The fourth-order valence-corrected chi connectivity index (χ4v) is 7.78. The fraction of sp³-hybridized carbons (Fsp3) is 0.233. The number of thiophene rings is 1. The van der Waals surface area contributed by atoms with E-state index in [4.69, 9.17) is 5.26 Å². The van der Waals surface area contributed by atoms with E-state index in [2.05, 4.69) is 4.72 Å². The van der Waals surface area contributed by atoms with Crippen molar-refractivity contribution >= 4 is 43.1 Å². The predicted octanol–water partition coefficient (Wildman–Crippen LogP) is 6.54. The largest absolute Gasteiger partial charge is 0.237 e. The number of allylic oxidation sites excluding steroid dienone is 4. The summed E-state index contributed by atoms with van der Waals surface area (Å²) in [5.41, 5.74) is 2.49. The van der Waals surface area contributed by atoms with E-state index >= 15 is 0 Å². The number of nitrogens with one attached hydrogen (secondary N) is 1. The van der Waals surface area contributed by atoms with Gasteiger partial charge >= 0.3 is 0 Å². The van der Waals surface area contributed by atoms with Crippen molar-refractivity contribution in [1.82, 2.24) is 9.03 Å². The van der Waals surface area contributed by atoms with Crippen molar-refractivity contribution in [3.8, 4) is 17.3 Å². The maximum Gasteiger partial charge on any atom is 0.189 e. The van der Waals surface area contributed by atoms with Gasteiger partial charge < -0.3 is 0 Å². The number of benzene rings is 2. The van der Waals surface area contributed by atoms with Gasteiger partial charge in [-0.05, 0) is 59.7 Å².